The summed E-state index contributed by atoms with van der Waals surface area (Å²) < 4.78 is 0. The van der Waals surface area contributed by atoms with Crippen molar-refractivity contribution in [1.29, 1.82) is 0 Å². The van der Waals surface area contributed by atoms with E-state index in [4.69, 9.17) is 16.4 Å². The van der Waals surface area contributed by atoms with Gasteiger partial charge < -0.3 is 15.5 Å². The van der Waals surface area contributed by atoms with Crippen LogP contribution in [0.4, 0.5) is 11.4 Å². The van der Waals surface area contributed by atoms with E-state index in [0.29, 0.717) is 16.4 Å². The standard InChI is InChI=1S/C18H18ClN3O3/c1-12-7-8-15(13(2)9-12)21-17(23)10-20-25-11-18(24)22-16-6-4-3-5-14(16)19/h3-10H,11H2,1-2H3,(H,21,23)(H,22,24)/b20-10-. The molecular weight excluding hydrogens is 342 g/mol. The lowest BCUT2D eigenvalue weighted by molar-refractivity contribution is -0.120. The number of benzene rings is 2. The maximum Gasteiger partial charge on any atom is 0.270 e. The summed E-state index contributed by atoms with van der Waals surface area (Å²) in [5.41, 5.74) is 3.23. The quantitative estimate of drug-likeness (QED) is 0.611. The SMILES string of the molecule is Cc1ccc(NC(=O)/C=N\OCC(=O)Nc2ccccc2Cl)c(C)c1. The minimum atomic E-state index is -0.446. The van der Waals surface area contributed by atoms with Gasteiger partial charge in [-0.2, -0.15) is 0 Å². The van der Waals surface area contributed by atoms with Gasteiger partial charge in [0.2, 0.25) is 0 Å². The minimum absolute atomic E-state index is 0.335. The third-order valence-electron chi connectivity index (χ3n) is 3.23. The molecule has 130 valence electrons. The van der Waals surface area contributed by atoms with Crippen LogP contribution in [-0.4, -0.2) is 24.6 Å². The van der Waals surface area contributed by atoms with Gasteiger partial charge in [0.1, 0.15) is 6.21 Å². The number of carbonyl (C=O) groups excluding carboxylic acids is 2. The number of aryl methyl sites for hydroxylation is 2. The van der Waals surface area contributed by atoms with E-state index in [9.17, 15) is 9.59 Å². The van der Waals surface area contributed by atoms with E-state index in [0.717, 1.165) is 17.3 Å². The number of para-hydroxylation sites is 1. The Morgan fingerprint density at radius 3 is 2.60 bits per heavy atom. The van der Waals surface area contributed by atoms with Crippen LogP contribution in [0.3, 0.4) is 0 Å². The normalized spacial score (nSPS) is 10.5. The third kappa shape index (κ3) is 5.93. The second-order valence-corrected chi connectivity index (χ2v) is 5.75. The van der Waals surface area contributed by atoms with Crippen LogP contribution >= 0.6 is 11.6 Å². The van der Waals surface area contributed by atoms with Gasteiger partial charge in [-0.3, -0.25) is 9.59 Å². The van der Waals surface area contributed by atoms with E-state index in [-0.39, 0.29) is 6.61 Å². The smallest absolute Gasteiger partial charge is 0.270 e. The Hall–Kier alpha value is -2.86. The average Bonchev–Trinajstić information content (AvgIpc) is 2.56. The van der Waals surface area contributed by atoms with Gasteiger partial charge in [0.15, 0.2) is 6.61 Å². The van der Waals surface area contributed by atoms with E-state index in [2.05, 4.69) is 15.8 Å². The molecule has 0 fully saturated rings. The summed E-state index contributed by atoms with van der Waals surface area (Å²) in [7, 11) is 0. The maximum absolute atomic E-state index is 11.8. The number of anilines is 2. The van der Waals surface area contributed by atoms with Crippen molar-refractivity contribution in [2.24, 2.45) is 5.16 Å². The van der Waals surface area contributed by atoms with Crippen molar-refractivity contribution in [3.8, 4) is 0 Å². The molecule has 0 aliphatic rings. The van der Waals surface area contributed by atoms with Crippen LogP contribution in [0.2, 0.25) is 5.02 Å². The molecule has 0 atom stereocenters. The molecule has 2 amide bonds. The van der Waals surface area contributed by atoms with Crippen molar-refractivity contribution in [3.05, 3.63) is 58.6 Å². The van der Waals surface area contributed by atoms with E-state index >= 15 is 0 Å². The van der Waals surface area contributed by atoms with Gasteiger partial charge in [-0.05, 0) is 37.6 Å². The first-order valence-corrected chi connectivity index (χ1v) is 7.91. The van der Waals surface area contributed by atoms with E-state index in [1.165, 1.54) is 0 Å². The Labute approximate surface area is 150 Å². The van der Waals surface area contributed by atoms with E-state index in [1.54, 1.807) is 24.3 Å². The number of nitrogens with zero attached hydrogens (tertiary/aromatic N) is 1. The van der Waals surface area contributed by atoms with Gasteiger partial charge in [0.05, 0.1) is 10.7 Å². The molecule has 25 heavy (non-hydrogen) atoms. The molecular formula is C18H18ClN3O3. The van der Waals surface area contributed by atoms with Crippen LogP contribution in [-0.2, 0) is 14.4 Å². The number of halogens is 1. The van der Waals surface area contributed by atoms with Gasteiger partial charge in [-0.25, -0.2) is 0 Å². The molecule has 0 bridgehead atoms. The van der Waals surface area contributed by atoms with E-state index in [1.807, 2.05) is 32.0 Å². The van der Waals surface area contributed by atoms with Crippen LogP contribution in [0, 0.1) is 13.8 Å². The molecule has 6 nitrogen and oxygen atoms in total. The summed E-state index contributed by atoms with van der Waals surface area (Å²) in [5.74, 6) is -0.876. The number of nitrogens with one attached hydrogen (secondary N) is 2. The predicted molar refractivity (Wildman–Crippen MR) is 99.1 cm³/mol. The Kier molecular flexibility index (Phi) is 6.54. The highest BCUT2D eigenvalue weighted by atomic mass is 35.5. The number of amides is 2. The first-order valence-electron chi connectivity index (χ1n) is 7.53. The van der Waals surface area contributed by atoms with Crippen LogP contribution in [0.1, 0.15) is 11.1 Å². The summed E-state index contributed by atoms with van der Waals surface area (Å²) in [5, 5.41) is 9.18. The lowest BCUT2D eigenvalue weighted by Crippen LogP contribution is -2.18. The molecule has 7 heteroatoms. The van der Waals surface area contributed by atoms with Crippen molar-refractivity contribution in [1.82, 2.24) is 0 Å². The van der Waals surface area contributed by atoms with Crippen LogP contribution in [0.25, 0.3) is 0 Å². The first kappa shape index (κ1) is 18.5. The molecule has 2 rings (SSSR count). The van der Waals surface area contributed by atoms with Gasteiger partial charge in [0.25, 0.3) is 11.8 Å². The zero-order valence-electron chi connectivity index (χ0n) is 13.9. The van der Waals surface area contributed by atoms with Gasteiger partial charge in [-0.15, -0.1) is 0 Å². The van der Waals surface area contributed by atoms with Gasteiger partial charge in [0, 0.05) is 5.69 Å². The second-order valence-electron chi connectivity index (χ2n) is 5.34. The van der Waals surface area contributed by atoms with Crippen molar-refractivity contribution < 1.29 is 14.4 Å². The average molecular weight is 360 g/mol. The van der Waals surface area contributed by atoms with Crippen molar-refractivity contribution >= 4 is 41.0 Å². The summed E-state index contributed by atoms with van der Waals surface area (Å²) in [6.07, 6.45) is 0.974. The fraction of sp³-hybridized carbons (Fsp3) is 0.167. The Bertz CT molecular complexity index is 806. The molecule has 0 spiro atoms. The monoisotopic (exact) mass is 359 g/mol. The van der Waals surface area contributed by atoms with E-state index < -0.39 is 11.8 Å². The molecule has 0 unspecified atom stereocenters. The Balaban J connectivity index is 1.77. The number of carbonyl (C=O) groups is 2. The van der Waals surface area contributed by atoms with Gasteiger partial charge >= 0.3 is 0 Å². The summed E-state index contributed by atoms with van der Waals surface area (Å²) >= 11 is 5.93. The highest BCUT2D eigenvalue weighted by molar-refractivity contribution is 6.33. The largest absolute Gasteiger partial charge is 0.385 e. The van der Waals surface area contributed by atoms with Crippen molar-refractivity contribution in [2.45, 2.75) is 13.8 Å². The molecule has 2 aromatic carbocycles. The Morgan fingerprint density at radius 2 is 1.88 bits per heavy atom. The lowest BCUT2D eigenvalue weighted by Gasteiger charge is -2.07. The number of hydrogen-bond acceptors (Lipinski definition) is 4. The predicted octanol–water partition coefficient (Wildman–Crippen LogP) is 3.54. The topological polar surface area (TPSA) is 79.8 Å². The summed E-state index contributed by atoms with van der Waals surface area (Å²) in [6.45, 7) is 3.54. The molecule has 2 aromatic rings. The van der Waals surface area contributed by atoms with Crippen molar-refractivity contribution in [3.63, 3.8) is 0 Å². The number of oxime groups is 1. The minimum Gasteiger partial charge on any atom is -0.385 e. The number of rotatable bonds is 6. The molecule has 2 N–H and O–H groups in total. The van der Waals surface area contributed by atoms with Crippen LogP contribution in [0.5, 0.6) is 0 Å². The third-order valence-corrected chi connectivity index (χ3v) is 3.56. The van der Waals surface area contributed by atoms with Gasteiger partial charge in [-0.1, -0.05) is 46.6 Å². The molecule has 0 heterocycles. The highest BCUT2D eigenvalue weighted by Crippen LogP contribution is 2.20. The second kappa shape index (κ2) is 8.84. The lowest BCUT2D eigenvalue weighted by atomic mass is 10.1. The molecule has 0 radical (unpaired) electrons. The van der Waals surface area contributed by atoms with Crippen LogP contribution in [0.15, 0.2) is 47.6 Å². The zero-order valence-corrected chi connectivity index (χ0v) is 14.6. The van der Waals surface area contributed by atoms with Crippen LogP contribution < -0.4 is 10.6 Å². The van der Waals surface area contributed by atoms with Crippen molar-refractivity contribution in [2.75, 3.05) is 17.2 Å². The fourth-order valence-electron chi connectivity index (χ4n) is 2.05. The summed E-state index contributed by atoms with van der Waals surface area (Å²) in [4.78, 5) is 28.3. The molecule has 0 saturated carbocycles. The Morgan fingerprint density at radius 1 is 1.12 bits per heavy atom. The molecule has 0 saturated heterocycles. The molecule has 0 aromatic heterocycles. The molecule has 0 aliphatic carbocycles. The zero-order chi connectivity index (χ0) is 18.2. The summed E-state index contributed by atoms with van der Waals surface area (Å²) in [6, 6.07) is 12.5. The number of hydrogen-bond donors (Lipinski definition) is 2. The highest BCUT2D eigenvalue weighted by Gasteiger charge is 2.06. The maximum atomic E-state index is 11.8. The molecule has 0 aliphatic heterocycles. The first-order chi connectivity index (χ1) is 12.0. The fourth-order valence-corrected chi connectivity index (χ4v) is 2.23.